The summed E-state index contributed by atoms with van der Waals surface area (Å²) in [5.74, 6) is 2.36. The fourth-order valence-corrected chi connectivity index (χ4v) is 4.33. The highest BCUT2D eigenvalue weighted by Crippen LogP contribution is 2.28. The summed E-state index contributed by atoms with van der Waals surface area (Å²) in [4.78, 5) is 19.6. The predicted octanol–water partition coefficient (Wildman–Crippen LogP) is 4.67. The Hall–Kier alpha value is -3.40. The van der Waals surface area contributed by atoms with Crippen molar-refractivity contribution in [1.82, 2.24) is 25.2 Å². The first-order valence-corrected chi connectivity index (χ1v) is 11.2. The van der Waals surface area contributed by atoms with Gasteiger partial charge in [0, 0.05) is 24.1 Å². The molecule has 0 saturated carbocycles. The third-order valence-electron chi connectivity index (χ3n) is 4.84. The van der Waals surface area contributed by atoms with Crippen LogP contribution in [0.1, 0.15) is 46.6 Å². The third-order valence-corrected chi connectivity index (χ3v) is 5.87. The standard InChI is InChI=1S/C22H23N5O4S/c1-4-10-27(12-19-24-25-20(30-19)18-8-6-11-29-18)22(28)16-7-5-9-23-21(16)32-13-17-14(2)26-31-15(17)3/h5-9,11H,4,10,12-13H2,1-3H3. The number of aromatic nitrogens is 4. The summed E-state index contributed by atoms with van der Waals surface area (Å²) in [5, 5.41) is 12.7. The molecular weight excluding hydrogens is 430 g/mol. The molecule has 9 nitrogen and oxygen atoms in total. The Balaban J connectivity index is 1.52. The van der Waals surface area contributed by atoms with Gasteiger partial charge in [-0.15, -0.1) is 22.0 Å². The van der Waals surface area contributed by atoms with E-state index in [0.717, 1.165) is 23.4 Å². The number of carbonyl (C=O) groups excluding carboxylic acids is 1. The van der Waals surface area contributed by atoms with Crippen molar-refractivity contribution in [2.45, 2.75) is 44.5 Å². The molecule has 0 aliphatic rings. The molecule has 0 radical (unpaired) electrons. The number of aryl methyl sites for hydroxylation is 2. The lowest BCUT2D eigenvalue weighted by Crippen LogP contribution is -2.32. The lowest BCUT2D eigenvalue weighted by Gasteiger charge is -2.21. The van der Waals surface area contributed by atoms with Gasteiger partial charge in [-0.05, 0) is 44.5 Å². The maximum absolute atomic E-state index is 13.4. The van der Waals surface area contributed by atoms with Gasteiger partial charge in [-0.3, -0.25) is 4.79 Å². The summed E-state index contributed by atoms with van der Waals surface area (Å²) >= 11 is 1.48. The van der Waals surface area contributed by atoms with Crippen molar-refractivity contribution in [2.75, 3.05) is 6.54 Å². The summed E-state index contributed by atoms with van der Waals surface area (Å²) in [6, 6.07) is 7.04. The number of rotatable bonds is 9. The average molecular weight is 454 g/mol. The second-order valence-corrected chi connectivity index (χ2v) is 8.12. The number of nitrogens with zero attached hydrogens (tertiary/aromatic N) is 5. The molecule has 166 valence electrons. The van der Waals surface area contributed by atoms with Crippen molar-refractivity contribution in [3.8, 4) is 11.7 Å². The monoisotopic (exact) mass is 453 g/mol. The van der Waals surface area contributed by atoms with Crippen LogP contribution < -0.4 is 0 Å². The third kappa shape index (κ3) is 4.75. The van der Waals surface area contributed by atoms with Gasteiger partial charge >= 0.3 is 0 Å². The molecule has 0 N–H and O–H groups in total. The number of amides is 1. The van der Waals surface area contributed by atoms with Crippen molar-refractivity contribution in [3.63, 3.8) is 0 Å². The topological polar surface area (TPSA) is 111 Å². The smallest absolute Gasteiger partial charge is 0.283 e. The van der Waals surface area contributed by atoms with Gasteiger partial charge in [0.05, 0.1) is 24.1 Å². The van der Waals surface area contributed by atoms with Crippen LogP contribution in [0.2, 0.25) is 0 Å². The minimum Gasteiger partial charge on any atom is -0.459 e. The number of pyridine rings is 1. The summed E-state index contributed by atoms with van der Waals surface area (Å²) in [7, 11) is 0. The molecule has 0 aromatic carbocycles. The Morgan fingerprint density at radius 1 is 1.19 bits per heavy atom. The first-order valence-electron chi connectivity index (χ1n) is 10.2. The lowest BCUT2D eigenvalue weighted by atomic mass is 10.2. The Morgan fingerprint density at radius 3 is 2.78 bits per heavy atom. The molecule has 32 heavy (non-hydrogen) atoms. The van der Waals surface area contributed by atoms with E-state index in [1.807, 2.05) is 20.8 Å². The quantitative estimate of drug-likeness (QED) is 0.334. The summed E-state index contributed by atoms with van der Waals surface area (Å²) < 4.78 is 16.2. The van der Waals surface area contributed by atoms with E-state index in [1.54, 1.807) is 35.4 Å². The zero-order valence-corrected chi connectivity index (χ0v) is 18.9. The summed E-state index contributed by atoms with van der Waals surface area (Å²) in [6.45, 7) is 6.54. The molecule has 4 aromatic heterocycles. The summed E-state index contributed by atoms with van der Waals surface area (Å²) in [5.41, 5.74) is 2.39. The molecule has 0 spiro atoms. The van der Waals surface area contributed by atoms with E-state index in [2.05, 4.69) is 20.3 Å². The van der Waals surface area contributed by atoms with Gasteiger partial charge in [0.1, 0.15) is 10.8 Å². The zero-order chi connectivity index (χ0) is 22.5. The molecule has 0 bridgehead atoms. The second-order valence-electron chi connectivity index (χ2n) is 7.15. The Morgan fingerprint density at radius 2 is 2.06 bits per heavy atom. The SMILES string of the molecule is CCCN(Cc1nnc(-c2ccco2)o1)C(=O)c1cccnc1SCc1c(C)noc1C. The van der Waals surface area contributed by atoms with Crippen LogP contribution in [-0.2, 0) is 12.3 Å². The molecule has 0 atom stereocenters. The van der Waals surface area contributed by atoms with Crippen molar-refractivity contribution < 1.29 is 18.2 Å². The van der Waals surface area contributed by atoms with E-state index in [-0.39, 0.29) is 18.3 Å². The fourth-order valence-electron chi connectivity index (χ4n) is 3.19. The van der Waals surface area contributed by atoms with Crippen LogP contribution in [0.25, 0.3) is 11.7 Å². The first kappa shape index (κ1) is 21.8. The molecular formula is C22H23N5O4S. The van der Waals surface area contributed by atoms with Gasteiger partial charge in [0.2, 0.25) is 5.89 Å². The van der Waals surface area contributed by atoms with E-state index in [4.69, 9.17) is 13.4 Å². The number of carbonyl (C=O) groups is 1. The van der Waals surface area contributed by atoms with Crippen molar-refractivity contribution in [1.29, 1.82) is 0 Å². The van der Waals surface area contributed by atoms with Gasteiger partial charge in [0.15, 0.2) is 5.76 Å². The Bertz CT molecular complexity index is 1170. The highest BCUT2D eigenvalue weighted by atomic mass is 32.2. The van der Waals surface area contributed by atoms with Gasteiger partial charge < -0.3 is 18.3 Å². The molecule has 0 fully saturated rings. The van der Waals surface area contributed by atoms with Crippen LogP contribution in [0.4, 0.5) is 0 Å². The van der Waals surface area contributed by atoms with E-state index in [9.17, 15) is 4.79 Å². The van der Waals surface area contributed by atoms with E-state index in [1.165, 1.54) is 18.0 Å². The minimum atomic E-state index is -0.140. The van der Waals surface area contributed by atoms with Crippen LogP contribution in [0.15, 0.2) is 55.1 Å². The molecule has 0 unspecified atom stereocenters. The number of furan rings is 1. The van der Waals surface area contributed by atoms with Crippen LogP contribution in [-0.4, -0.2) is 37.7 Å². The average Bonchev–Trinajstić information content (AvgIpc) is 3.54. The maximum atomic E-state index is 13.4. The number of hydrogen-bond donors (Lipinski definition) is 0. The Labute approximate surface area is 189 Å². The van der Waals surface area contributed by atoms with Crippen molar-refractivity contribution in [3.05, 3.63) is 65.2 Å². The van der Waals surface area contributed by atoms with Gasteiger partial charge in [-0.1, -0.05) is 12.1 Å². The summed E-state index contributed by atoms with van der Waals surface area (Å²) in [6.07, 6.45) is 4.01. The molecule has 4 heterocycles. The molecule has 1 amide bonds. The fraction of sp³-hybridized carbons (Fsp3) is 0.318. The zero-order valence-electron chi connectivity index (χ0n) is 18.1. The second kappa shape index (κ2) is 9.82. The Kier molecular flexibility index (Phi) is 6.69. The van der Waals surface area contributed by atoms with Crippen LogP contribution in [0, 0.1) is 13.8 Å². The molecule has 0 aliphatic heterocycles. The lowest BCUT2D eigenvalue weighted by molar-refractivity contribution is 0.0724. The largest absolute Gasteiger partial charge is 0.459 e. The molecule has 10 heteroatoms. The van der Waals surface area contributed by atoms with Crippen molar-refractivity contribution >= 4 is 17.7 Å². The molecule has 4 aromatic rings. The minimum absolute atomic E-state index is 0.140. The van der Waals surface area contributed by atoms with E-state index >= 15 is 0 Å². The molecule has 0 aliphatic carbocycles. The van der Waals surface area contributed by atoms with Gasteiger partial charge in [0.25, 0.3) is 11.8 Å². The normalized spacial score (nSPS) is 11.1. The van der Waals surface area contributed by atoms with Crippen molar-refractivity contribution in [2.24, 2.45) is 0 Å². The van der Waals surface area contributed by atoms with Crippen LogP contribution in [0.3, 0.4) is 0 Å². The highest BCUT2D eigenvalue weighted by molar-refractivity contribution is 7.98. The molecule has 0 saturated heterocycles. The van der Waals surface area contributed by atoms with Crippen LogP contribution >= 0.6 is 11.8 Å². The predicted molar refractivity (Wildman–Crippen MR) is 117 cm³/mol. The highest BCUT2D eigenvalue weighted by Gasteiger charge is 2.23. The van der Waals surface area contributed by atoms with Gasteiger partial charge in [-0.2, -0.15) is 0 Å². The van der Waals surface area contributed by atoms with E-state index < -0.39 is 0 Å². The maximum Gasteiger partial charge on any atom is 0.283 e. The van der Waals surface area contributed by atoms with Gasteiger partial charge in [-0.25, -0.2) is 4.98 Å². The van der Waals surface area contributed by atoms with E-state index in [0.29, 0.717) is 34.5 Å². The first-order chi connectivity index (χ1) is 15.6. The van der Waals surface area contributed by atoms with Crippen LogP contribution in [0.5, 0.6) is 0 Å². The molecule has 4 rings (SSSR count). The number of thioether (sulfide) groups is 1. The number of hydrogen-bond acceptors (Lipinski definition) is 9.